The SMILES string of the molecule is O=C1CCC(c2ccc(Cl)cc2)N1Cc1ccccc1. The molecule has 0 bridgehead atoms. The molecule has 1 heterocycles. The Morgan fingerprint density at radius 3 is 2.45 bits per heavy atom. The lowest BCUT2D eigenvalue weighted by Crippen LogP contribution is -2.27. The van der Waals surface area contributed by atoms with Gasteiger partial charge < -0.3 is 4.90 Å². The maximum atomic E-state index is 12.1. The summed E-state index contributed by atoms with van der Waals surface area (Å²) in [4.78, 5) is 14.1. The normalized spacial score (nSPS) is 18.6. The van der Waals surface area contributed by atoms with Crippen LogP contribution < -0.4 is 0 Å². The molecule has 2 aromatic rings. The van der Waals surface area contributed by atoms with E-state index in [0.29, 0.717) is 13.0 Å². The van der Waals surface area contributed by atoms with E-state index in [2.05, 4.69) is 12.1 Å². The van der Waals surface area contributed by atoms with Crippen molar-refractivity contribution in [1.82, 2.24) is 4.90 Å². The third-order valence-electron chi connectivity index (χ3n) is 3.78. The van der Waals surface area contributed by atoms with Gasteiger partial charge >= 0.3 is 0 Å². The van der Waals surface area contributed by atoms with Crippen LogP contribution in [0.15, 0.2) is 54.6 Å². The summed E-state index contributed by atoms with van der Waals surface area (Å²) in [5.41, 5.74) is 2.33. The highest BCUT2D eigenvalue weighted by molar-refractivity contribution is 6.30. The maximum Gasteiger partial charge on any atom is 0.223 e. The lowest BCUT2D eigenvalue weighted by Gasteiger charge is -2.25. The Morgan fingerprint density at radius 1 is 1.05 bits per heavy atom. The summed E-state index contributed by atoms with van der Waals surface area (Å²) in [6.07, 6.45) is 1.51. The molecule has 1 saturated heterocycles. The Balaban J connectivity index is 1.83. The fourth-order valence-corrected chi connectivity index (χ4v) is 2.87. The topological polar surface area (TPSA) is 20.3 Å². The molecule has 2 aromatic carbocycles. The molecule has 0 spiro atoms. The third-order valence-corrected chi connectivity index (χ3v) is 4.03. The largest absolute Gasteiger partial charge is 0.331 e. The highest BCUT2D eigenvalue weighted by Crippen LogP contribution is 2.34. The monoisotopic (exact) mass is 285 g/mol. The van der Waals surface area contributed by atoms with Gasteiger partial charge in [0.05, 0.1) is 6.04 Å². The fraction of sp³-hybridized carbons (Fsp3) is 0.235. The average molecular weight is 286 g/mol. The van der Waals surface area contributed by atoms with Gasteiger partial charge in [0.15, 0.2) is 0 Å². The predicted molar refractivity (Wildman–Crippen MR) is 80.4 cm³/mol. The Kier molecular flexibility index (Phi) is 3.75. The first-order valence-corrected chi connectivity index (χ1v) is 7.21. The molecule has 0 aliphatic carbocycles. The van der Waals surface area contributed by atoms with Crippen molar-refractivity contribution in [2.75, 3.05) is 0 Å². The van der Waals surface area contributed by atoms with Gasteiger partial charge in [0.2, 0.25) is 5.91 Å². The van der Waals surface area contributed by atoms with E-state index in [1.165, 1.54) is 5.56 Å². The number of benzene rings is 2. The molecule has 1 aliphatic rings. The van der Waals surface area contributed by atoms with Crippen LogP contribution in [0.2, 0.25) is 5.02 Å². The van der Waals surface area contributed by atoms with Crippen LogP contribution in [0.3, 0.4) is 0 Å². The van der Waals surface area contributed by atoms with Gasteiger partial charge in [-0.2, -0.15) is 0 Å². The zero-order valence-electron chi connectivity index (χ0n) is 11.1. The minimum atomic E-state index is 0.167. The van der Waals surface area contributed by atoms with E-state index >= 15 is 0 Å². The van der Waals surface area contributed by atoms with Gasteiger partial charge in [0, 0.05) is 18.0 Å². The van der Waals surface area contributed by atoms with Crippen LogP contribution in [0.1, 0.15) is 30.0 Å². The van der Waals surface area contributed by atoms with Crippen LogP contribution in [-0.4, -0.2) is 10.8 Å². The van der Waals surface area contributed by atoms with Crippen molar-refractivity contribution in [2.24, 2.45) is 0 Å². The Hall–Kier alpha value is -1.80. The molecule has 1 atom stereocenters. The molecular formula is C17H16ClNO. The van der Waals surface area contributed by atoms with E-state index in [0.717, 1.165) is 17.0 Å². The zero-order valence-corrected chi connectivity index (χ0v) is 11.9. The van der Waals surface area contributed by atoms with E-state index < -0.39 is 0 Å². The minimum Gasteiger partial charge on any atom is -0.331 e. The number of carbonyl (C=O) groups excluding carboxylic acids is 1. The van der Waals surface area contributed by atoms with Crippen molar-refractivity contribution < 1.29 is 4.79 Å². The lowest BCUT2D eigenvalue weighted by atomic mass is 10.0. The Labute approximate surface area is 124 Å². The Morgan fingerprint density at radius 2 is 1.75 bits per heavy atom. The minimum absolute atomic E-state index is 0.167. The first-order valence-electron chi connectivity index (χ1n) is 6.83. The maximum absolute atomic E-state index is 12.1. The summed E-state index contributed by atoms with van der Waals surface area (Å²) >= 11 is 5.93. The molecule has 3 heteroatoms. The fourth-order valence-electron chi connectivity index (χ4n) is 2.74. The van der Waals surface area contributed by atoms with Crippen molar-refractivity contribution >= 4 is 17.5 Å². The molecular weight excluding hydrogens is 270 g/mol. The summed E-state index contributed by atoms with van der Waals surface area (Å²) in [7, 11) is 0. The highest BCUT2D eigenvalue weighted by atomic mass is 35.5. The molecule has 0 N–H and O–H groups in total. The lowest BCUT2D eigenvalue weighted by molar-refractivity contribution is -0.129. The molecule has 20 heavy (non-hydrogen) atoms. The molecule has 102 valence electrons. The number of rotatable bonds is 3. The second-order valence-corrected chi connectivity index (χ2v) is 5.55. The highest BCUT2D eigenvalue weighted by Gasteiger charge is 2.31. The third kappa shape index (κ3) is 2.70. The van der Waals surface area contributed by atoms with Crippen LogP contribution in [0.25, 0.3) is 0 Å². The number of hydrogen-bond donors (Lipinski definition) is 0. The first-order chi connectivity index (χ1) is 9.74. The molecule has 0 radical (unpaired) electrons. The van der Waals surface area contributed by atoms with E-state index in [-0.39, 0.29) is 11.9 Å². The van der Waals surface area contributed by atoms with Crippen LogP contribution in [0.5, 0.6) is 0 Å². The van der Waals surface area contributed by atoms with Gasteiger partial charge in [-0.25, -0.2) is 0 Å². The van der Waals surface area contributed by atoms with Crippen molar-refractivity contribution in [3.63, 3.8) is 0 Å². The van der Waals surface area contributed by atoms with E-state index in [1.54, 1.807) is 0 Å². The van der Waals surface area contributed by atoms with Crippen molar-refractivity contribution in [2.45, 2.75) is 25.4 Å². The molecule has 3 rings (SSSR count). The molecule has 0 aromatic heterocycles. The molecule has 2 nitrogen and oxygen atoms in total. The van der Waals surface area contributed by atoms with Gasteiger partial charge in [-0.3, -0.25) is 4.79 Å². The van der Waals surface area contributed by atoms with Crippen molar-refractivity contribution in [1.29, 1.82) is 0 Å². The van der Waals surface area contributed by atoms with Crippen molar-refractivity contribution in [3.8, 4) is 0 Å². The number of nitrogens with zero attached hydrogens (tertiary/aromatic N) is 1. The number of amides is 1. The summed E-state index contributed by atoms with van der Waals surface area (Å²) in [6, 6.07) is 18.1. The van der Waals surface area contributed by atoms with Crippen LogP contribution in [-0.2, 0) is 11.3 Å². The molecule has 1 amide bonds. The van der Waals surface area contributed by atoms with Gasteiger partial charge in [-0.15, -0.1) is 0 Å². The van der Waals surface area contributed by atoms with Crippen LogP contribution in [0, 0.1) is 0 Å². The van der Waals surface area contributed by atoms with E-state index in [9.17, 15) is 4.79 Å². The van der Waals surface area contributed by atoms with E-state index in [4.69, 9.17) is 11.6 Å². The molecule has 0 saturated carbocycles. The van der Waals surface area contributed by atoms with Crippen molar-refractivity contribution in [3.05, 3.63) is 70.7 Å². The van der Waals surface area contributed by atoms with Gasteiger partial charge in [0.1, 0.15) is 0 Å². The number of likely N-dealkylation sites (tertiary alicyclic amines) is 1. The van der Waals surface area contributed by atoms with Gasteiger partial charge in [-0.05, 0) is 29.7 Å². The Bertz CT molecular complexity index is 594. The van der Waals surface area contributed by atoms with Crippen LogP contribution in [0.4, 0.5) is 0 Å². The average Bonchev–Trinajstić information content (AvgIpc) is 2.83. The number of hydrogen-bond acceptors (Lipinski definition) is 1. The first kappa shape index (κ1) is 13.2. The standard InChI is InChI=1S/C17H16ClNO/c18-15-8-6-14(7-9-15)16-10-11-17(20)19(16)12-13-4-2-1-3-5-13/h1-9,16H,10-12H2. The summed E-state index contributed by atoms with van der Waals surface area (Å²) in [6.45, 7) is 0.674. The molecule has 1 aliphatic heterocycles. The van der Waals surface area contributed by atoms with Crippen LogP contribution >= 0.6 is 11.6 Å². The van der Waals surface area contributed by atoms with Gasteiger partial charge in [-0.1, -0.05) is 54.1 Å². The molecule has 1 fully saturated rings. The quantitative estimate of drug-likeness (QED) is 0.827. The smallest absolute Gasteiger partial charge is 0.223 e. The summed E-state index contributed by atoms with van der Waals surface area (Å²) in [5.74, 6) is 0.230. The number of carbonyl (C=O) groups is 1. The summed E-state index contributed by atoms with van der Waals surface area (Å²) in [5, 5.41) is 0.729. The predicted octanol–water partition coefficient (Wildman–Crippen LogP) is 4.20. The van der Waals surface area contributed by atoms with E-state index in [1.807, 2.05) is 47.4 Å². The molecule has 1 unspecified atom stereocenters. The summed E-state index contributed by atoms with van der Waals surface area (Å²) < 4.78 is 0. The van der Waals surface area contributed by atoms with Gasteiger partial charge in [0.25, 0.3) is 0 Å². The second-order valence-electron chi connectivity index (χ2n) is 5.11. The second kappa shape index (κ2) is 5.68. The zero-order chi connectivity index (χ0) is 13.9. The number of halogens is 1.